The number of carbonyl (C=O) groups is 1. The lowest BCUT2D eigenvalue weighted by molar-refractivity contribution is -0.136. The second-order valence-corrected chi connectivity index (χ2v) is 8.02. The minimum Gasteiger partial charge on any atom is -0.481 e. The maximum absolute atomic E-state index is 10.7. The van der Waals surface area contributed by atoms with Crippen LogP contribution in [0.2, 0.25) is 0 Å². The van der Waals surface area contributed by atoms with Crippen LogP contribution in [0.25, 0.3) is 0 Å². The van der Waals surface area contributed by atoms with E-state index in [1.165, 1.54) is 76.2 Å². The highest BCUT2D eigenvalue weighted by atomic mass is 16.4. The summed E-state index contributed by atoms with van der Waals surface area (Å²) in [4.78, 5) is 10.7. The molecule has 0 unspecified atom stereocenters. The normalized spacial score (nSPS) is 20.5. The molecular formula is C23H36O2. The molecule has 0 aliphatic heterocycles. The van der Waals surface area contributed by atoms with Crippen LogP contribution in [0.15, 0.2) is 24.3 Å². The van der Waals surface area contributed by atoms with Crippen LogP contribution >= 0.6 is 0 Å². The maximum Gasteiger partial charge on any atom is 0.307 e. The molecule has 0 aromatic heterocycles. The molecule has 2 heteroatoms. The predicted octanol–water partition coefficient (Wildman–Crippen LogP) is 6.41. The lowest BCUT2D eigenvalue weighted by atomic mass is 9.77. The van der Waals surface area contributed by atoms with Gasteiger partial charge in [0.2, 0.25) is 0 Å². The van der Waals surface area contributed by atoms with E-state index < -0.39 is 5.97 Å². The molecule has 1 fully saturated rings. The smallest absolute Gasteiger partial charge is 0.307 e. The van der Waals surface area contributed by atoms with Crippen LogP contribution < -0.4 is 0 Å². The quantitative estimate of drug-likeness (QED) is 0.471. The van der Waals surface area contributed by atoms with E-state index in [0.29, 0.717) is 0 Å². The molecule has 2 rings (SSSR count). The van der Waals surface area contributed by atoms with Crippen molar-refractivity contribution in [2.45, 2.75) is 90.4 Å². The van der Waals surface area contributed by atoms with Crippen molar-refractivity contribution in [1.29, 1.82) is 0 Å². The first-order valence-corrected chi connectivity index (χ1v) is 10.5. The van der Waals surface area contributed by atoms with Gasteiger partial charge >= 0.3 is 5.97 Å². The molecule has 0 heterocycles. The molecule has 0 spiro atoms. The number of hydrogen-bond donors (Lipinski definition) is 1. The van der Waals surface area contributed by atoms with E-state index in [4.69, 9.17) is 5.11 Å². The van der Waals surface area contributed by atoms with Crippen LogP contribution in [0.5, 0.6) is 0 Å². The number of unbranched alkanes of at least 4 members (excludes halogenated alkanes) is 4. The zero-order chi connectivity index (χ0) is 17.9. The van der Waals surface area contributed by atoms with Crippen molar-refractivity contribution in [1.82, 2.24) is 0 Å². The Morgan fingerprint density at radius 1 is 0.880 bits per heavy atom. The monoisotopic (exact) mass is 344 g/mol. The van der Waals surface area contributed by atoms with Crippen molar-refractivity contribution in [3.8, 4) is 0 Å². The Balaban J connectivity index is 1.59. The van der Waals surface area contributed by atoms with Gasteiger partial charge in [0, 0.05) is 0 Å². The third-order valence-corrected chi connectivity index (χ3v) is 5.90. The fraction of sp³-hybridized carbons (Fsp3) is 0.696. The number of benzene rings is 1. The fourth-order valence-corrected chi connectivity index (χ4v) is 4.21. The number of rotatable bonds is 11. The summed E-state index contributed by atoms with van der Waals surface area (Å²) >= 11 is 0. The number of aliphatic carboxylic acids is 1. The minimum absolute atomic E-state index is 0.128. The summed E-state index contributed by atoms with van der Waals surface area (Å²) in [6.07, 6.45) is 16.8. The summed E-state index contributed by atoms with van der Waals surface area (Å²) < 4.78 is 0. The molecule has 0 saturated heterocycles. The fourth-order valence-electron chi connectivity index (χ4n) is 4.21. The van der Waals surface area contributed by atoms with Gasteiger partial charge in [-0.05, 0) is 35.8 Å². The molecule has 0 radical (unpaired) electrons. The first-order chi connectivity index (χ1) is 12.2. The highest BCUT2D eigenvalue weighted by Gasteiger charge is 2.20. The predicted molar refractivity (Wildman–Crippen MR) is 105 cm³/mol. The van der Waals surface area contributed by atoms with Gasteiger partial charge in [0.05, 0.1) is 6.42 Å². The summed E-state index contributed by atoms with van der Waals surface area (Å²) in [6, 6.07) is 8.16. The molecule has 1 N–H and O–H groups in total. The van der Waals surface area contributed by atoms with Crippen LogP contribution in [0, 0.1) is 11.8 Å². The average Bonchev–Trinajstić information content (AvgIpc) is 2.61. The van der Waals surface area contributed by atoms with Gasteiger partial charge in [-0.25, -0.2) is 0 Å². The van der Waals surface area contributed by atoms with Crippen LogP contribution in [0.4, 0.5) is 0 Å². The second-order valence-electron chi connectivity index (χ2n) is 8.02. The molecule has 1 aromatic rings. The Labute approximate surface area is 154 Å². The van der Waals surface area contributed by atoms with Crippen molar-refractivity contribution in [2.24, 2.45) is 11.8 Å². The summed E-state index contributed by atoms with van der Waals surface area (Å²) in [5, 5.41) is 8.82. The first kappa shape index (κ1) is 20.0. The number of hydrogen-bond acceptors (Lipinski definition) is 1. The molecule has 0 amide bonds. The van der Waals surface area contributed by atoms with E-state index in [9.17, 15) is 4.79 Å². The van der Waals surface area contributed by atoms with Gasteiger partial charge in [0.15, 0.2) is 0 Å². The largest absolute Gasteiger partial charge is 0.481 e. The van der Waals surface area contributed by atoms with Gasteiger partial charge in [-0.1, -0.05) is 95.4 Å². The van der Waals surface area contributed by atoms with Crippen molar-refractivity contribution >= 4 is 5.97 Å². The van der Waals surface area contributed by atoms with Gasteiger partial charge in [0.1, 0.15) is 0 Å². The number of aryl methyl sites for hydroxylation is 1. The van der Waals surface area contributed by atoms with Crippen LogP contribution in [0.3, 0.4) is 0 Å². The summed E-state index contributed by atoms with van der Waals surface area (Å²) in [7, 11) is 0. The Bertz CT molecular complexity index is 483. The third kappa shape index (κ3) is 8.07. The third-order valence-electron chi connectivity index (χ3n) is 5.90. The summed E-state index contributed by atoms with van der Waals surface area (Å²) in [6.45, 7) is 2.28. The van der Waals surface area contributed by atoms with E-state index in [2.05, 4.69) is 19.1 Å². The molecule has 140 valence electrons. The zero-order valence-corrected chi connectivity index (χ0v) is 16.0. The highest BCUT2D eigenvalue weighted by Crippen LogP contribution is 2.34. The van der Waals surface area contributed by atoms with Crippen LogP contribution in [-0.2, 0) is 17.6 Å². The van der Waals surface area contributed by atoms with E-state index in [-0.39, 0.29) is 6.42 Å². The van der Waals surface area contributed by atoms with Gasteiger partial charge < -0.3 is 5.11 Å². The maximum atomic E-state index is 10.7. The molecule has 1 saturated carbocycles. The average molecular weight is 345 g/mol. The molecule has 2 nitrogen and oxygen atoms in total. The van der Waals surface area contributed by atoms with Crippen LogP contribution in [-0.4, -0.2) is 11.1 Å². The molecule has 0 bridgehead atoms. The summed E-state index contributed by atoms with van der Waals surface area (Å²) in [5.74, 6) is 1.14. The van der Waals surface area contributed by atoms with Crippen molar-refractivity contribution in [3.05, 3.63) is 35.4 Å². The van der Waals surface area contributed by atoms with E-state index in [1.807, 2.05) is 12.1 Å². The highest BCUT2D eigenvalue weighted by molar-refractivity contribution is 5.70. The SMILES string of the molecule is CCCCCCCC1CCC(CCc2ccc(CC(=O)O)cc2)CC1. The topological polar surface area (TPSA) is 37.3 Å². The van der Waals surface area contributed by atoms with Gasteiger partial charge in [-0.3, -0.25) is 4.79 Å². The molecule has 1 aliphatic carbocycles. The number of carboxylic acids is 1. The molecule has 0 atom stereocenters. The standard InChI is InChI=1S/C23H36O2/c1-2-3-4-5-6-7-19-8-10-20(11-9-19)12-13-21-14-16-22(17-15-21)18-23(24)25/h14-17,19-20H,2-13,18H2,1H3,(H,24,25). The van der Waals surface area contributed by atoms with Crippen molar-refractivity contribution < 1.29 is 9.90 Å². The van der Waals surface area contributed by atoms with Crippen molar-refractivity contribution in [3.63, 3.8) is 0 Å². The first-order valence-electron chi connectivity index (χ1n) is 10.5. The van der Waals surface area contributed by atoms with E-state index >= 15 is 0 Å². The van der Waals surface area contributed by atoms with E-state index in [1.54, 1.807) is 0 Å². The van der Waals surface area contributed by atoms with Gasteiger partial charge in [0.25, 0.3) is 0 Å². The van der Waals surface area contributed by atoms with Crippen LogP contribution in [0.1, 0.15) is 88.7 Å². The number of carboxylic acid groups (broad SMARTS) is 1. The lowest BCUT2D eigenvalue weighted by Gasteiger charge is -2.28. The Hall–Kier alpha value is -1.31. The van der Waals surface area contributed by atoms with Gasteiger partial charge in [-0.15, -0.1) is 0 Å². The molecule has 25 heavy (non-hydrogen) atoms. The van der Waals surface area contributed by atoms with Crippen molar-refractivity contribution in [2.75, 3.05) is 0 Å². The molecule has 1 aromatic carbocycles. The zero-order valence-electron chi connectivity index (χ0n) is 16.0. The molecular weight excluding hydrogens is 308 g/mol. The Kier molecular flexibility index (Phi) is 9.07. The summed E-state index contributed by atoms with van der Waals surface area (Å²) in [5.41, 5.74) is 2.25. The van der Waals surface area contributed by atoms with E-state index in [0.717, 1.165) is 23.8 Å². The lowest BCUT2D eigenvalue weighted by Crippen LogP contribution is -2.15. The Morgan fingerprint density at radius 2 is 1.44 bits per heavy atom. The molecule has 1 aliphatic rings. The second kappa shape index (κ2) is 11.3. The minimum atomic E-state index is -0.755. The van der Waals surface area contributed by atoms with Gasteiger partial charge in [-0.2, -0.15) is 0 Å². The Morgan fingerprint density at radius 3 is 2.04 bits per heavy atom.